The summed E-state index contributed by atoms with van der Waals surface area (Å²) in [6.07, 6.45) is 10.9. The van der Waals surface area contributed by atoms with Crippen molar-refractivity contribution in [2.75, 3.05) is 44.3 Å². The first kappa shape index (κ1) is 28.4. The lowest BCUT2D eigenvalue weighted by atomic mass is 9.91. The standard InChI is InChI=1S/C32H34ClFN8O3/c1-31-15-32(31,7-4-8-35-16-31)17-45-29-39-26-21-12-36-27(25(26)34)24-19(22(33)11-23-20(24)13-37-41-23)6-3-10-44-30(43)38-18-5-2-9-42(14-18)28(21)40-29/h3,6,11-13,18,35H,2,4-5,7-10,14-17H2,1H3,(H,37,41)(H,38,43). The first-order chi connectivity index (χ1) is 21.8. The van der Waals surface area contributed by atoms with Gasteiger partial charge in [0.25, 0.3) is 0 Å². The first-order valence-electron chi connectivity index (χ1n) is 15.5. The third kappa shape index (κ3) is 4.85. The minimum atomic E-state index is -0.598. The van der Waals surface area contributed by atoms with Gasteiger partial charge in [0.1, 0.15) is 23.6 Å². The predicted molar refractivity (Wildman–Crippen MR) is 169 cm³/mol. The van der Waals surface area contributed by atoms with Gasteiger partial charge in [0.2, 0.25) is 0 Å². The fourth-order valence-electron chi connectivity index (χ4n) is 7.54. The van der Waals surface area contributed by atoms with Crippen molar-refractivity contribution in [1.82, 2.24) is 35.8 Å². The summed E-state index contributed by atoms with van der Waals surface area (Å²) >= 11 is 6.73. The molecule has 45 heavy (non-hydrogen) atoms. The maximum atomic E-state index is 16.9. The van der Waals surface area contributed by atoms with Crippen molar-refractivity contribution in [3.05, 3.63) is 40.9 Å². The minimum Gasteiger partial charge on any atom is -0.463 e. The number of carbonyl (C=O) groups is 1. The third-order valence-electron chi connectivity index (χ3n) is 10.1. The number of carbonyl (C=O) groups excluding carboxylic acids is 1. The SMILES string of the molecule is CC12CNCCCC1(COc1nc3c4cnc(c(F)c4n1)-c1c(c(Cl)cc4[nH]ncc14)C=CCOC(=O)NC1CCCN3C1)C2. The molecule has 4 aliphatic heterocycles. The highest BCUT2D eigenvalue weighted by Gasteiger charge is 2.64. The van der Waals surface area contributed by atoms with Gasteiger partial charge in [-0.05, 0) is 56.2 Å². The number of aromatic nitrogens is 5. The number of amides is 1. The Morgan fingerprint density at radius 1 is 1.24 bits per heavy atom. The lowest BCUT2D eigenvalue weighted by Crippen LogP contribution is -2.48. The van der Waals surface area contributed by atoms with Crippen molar-refractivity contribution in [2.45, 2.75) is 45.1 Å². The highest BCUT2D eigenvalue weighted by Crippen LogP contribution is 2.66. The zero-order valence-corrected chi connectivity index (χ0v) is 25.7. The van der Waals surface area contributed by atoms with Crippen molar-refractivity contribution >= 4 is 51.4 Å². The molecule has 5 aliphatic rings. The number of pyridine rings is 1. The van der Waals surface area contributed by atoms with Crippen molar-refractivity contribution in [1.29, 1.82) is 0 Å². The Kier molecular flexibility index (Phi) is 6.83. The van der Waals surface area contributed by atoms with Crippen LogP contribution in [-0.4, -0.2) is 76.7 Å². The Labute approximate surface area is 263 Å². The number of nitrogens with zero attached hydrogens (tertiary/aromatic N) is 5. The van der Waals surface area contributed by atoms with Gasteiger partial charge < -0.3 is 25.0 Å². The van der Waals surface area contributed by atoms with Gasteiger partial charge >= 0.3 is 12.1 Å². The number of hydrogen-bond acceptors (Lipinski definition) is 9. The maximum Gasteiger partial charge on any atom is 0.407 e. The Bertz CT molecular complexity index is 1870. The third-order valence-corrected chi connectivity index (χ3v) is 10.5. The number of hydrogen-bond donors (Lipinski definition) is 3. The molecule has 3 unspecified atom stereocenters. The molecule has 11 nitrogen and oxygen atoms in total. The molecule has 0 radical (unpaired) electrons. The molecular weight excluding hydrogens is 599 g/mol. The number of fused-ring (bicyclic) bond motifs is 7. The number of halogens is 2. The fraction of sp³-hybridized carbons (Fsp3) is 0.469. The molecule has 3 atom stereocenters. The molecule has 1 saturated carbocycles. The molecule has 3 N–H and O–H groups in total. The lowest BCUT2D eigenvalue weighted by molar-refractivity contribution is 0.152. The van der Waals surface area contributed by atoms with Gasteiger partial charge in [-0.15, -0.1) is 0 Å². The Morgan fingerprint density at radius 2 is 2.16 bits per heavy atom. The molecule has 0 spiro atoms. The summed E-state index contributed by atoms with van der Waals surface area (Å²) in [6, 6.07) is 1.68. The van der Waals surface area contributed by atoms with E-state index in [0.29, 0.717) is 58.0 Å². The van der Waals surface area contributed by atoms with Crippen LogP contribution in [0, 0.1) is 16.6 Å². The molecule has 1 aromatic carbocycles. The molecule has 1 aliphatic carbocycles. The zero-order valence-electron chi connectivity index (χ0n) is 25.0. The van der Waals surface area contributed by atoms with Gasteiger partial charge in [0.05, 0.1) is 28.7 Å². The summed E-state index contributed by atoms with van der Waals surface area (Å²) in [5.41, 5.74) is 2.01. The van der Waals surface area contributed by atoms with E-state index in [1.165, 1.54) is 0 Å². The van der Waals surface area contributed by atoms with E-state index >= 15 is 4.39 Å². The molecule has 3 aromatic heterocycles. The summed E-state index contributed by atoms with van der Waals surface area (Å²) in [6.45, 7) is 5.87. The number of nitrogens with one attached hydrogen (secondary N) is 3. The molecule has 1 amide bonds. The van der Waals surface area contributed by atoms with E-state index in [1.54, 1.807) is 30.6 Å². The molecule has 6 bridgehead atoms. The number of H-pyrrole nitrogens is 1. The molecular formula is C32H34ClFN8O3. The van der Waals surface area contributed by atoms with Crippen LogP contribution in [0.15, 0.2) is 24.5 Å². The highest BCUT2D eigenvalue weighted by atomic mass is 35.5. The van der Waals surface area contributed by atoms with Crippen molar-refractivity contribution < 1.29 is 18.7 Å². The van der Waals surface area contributed by atoms with E-state index < -0.39 is 11.9 Å². The Hall–Kier alpha value is -4.03. The second-order valence-electron chi connectivity index (χ2n) is 13.0. The largest absolute Gasteiger partial charge is 0.463 e. The summed E-state index contributed by atoms with van der Waals surface area (Å²) in [4.78, 5) is 29.0. The predicted octanol–water partition coefficient (Wildman–Crippen LogP) is 5.24. The molecule has 13 heteroatoms. The van der Waals surface area contributed by atoms with Crippen LogP contribution >= 0.6 is 11.6 Å². The number of anilines is 1. The number of aromatic amines is 1. The zero-order chi connectivity index (χ0) is 30.8. The monoisotopic (exact) mass is 632 g/mol. The number of piperidine rings is 1. The van der Waals surface area contributed by atoms with Crippen LogP contribution in [0.25, 0.3) is 39.1 Å². The quantitative estimate of drug-likeness (QED) is 0.278. The van der Waals surface area contributed by atoms with Crippen LogP contribution < -0.4 is 20.3 Å². The number of benzene rings is 1. The van der Waals surface area contributed by atoms with Gasteiger partial charge in [0.15, 0.2) is 5.82 Å². The van der Waals surface area contributed by atoms with E-state index in [4.69, 9.17) is 26.1 Å². The van der Waals surface area contributed by atoms with Crippen molar-refractivity contribution in [3.8, 4) is 17.3 Å². The molecule has 234 valence electrons. The van der Waals surface area contributed by atoms with E-state index in [9.17, 15) is 4.79 Å². The van der Waals surface area contributed by atoms with E-state index in [1.807, 2.05) is 4.90 Å². The van der Waals surface area contributed by atoms with E-state index in [2.05, 4.69) is 37.7 Å². The molecule has 4 aromatic rings. The first-order valence-corrected chi connectivity index (χ1v) is 15.9. The molecule has 9 rings (SSSR count). The average molecular weight is 633 g/mol. The van der Waals surface area contributed by atoms with Crippen LogP contribution in [0.3, 0.4) is 0 Å². The van der Waals surface area contributed by atoms with E-state index in [-0.39, 0.29) is 40.7 Å². The second kappa shape index (κ2) is 10.8. The van der Waals surface area contributed by atoms with Crippen LogP contribution in [0.1, 0.15) is 44.6 Å². The second-order valence-corrected chi connectivity index (χ2v) is 13.4. The van der Waals surface area contributed by atoms with Crippen LogP contribution in [0.2, 0.25) is 5.02 Å². The Morgan fingerprint density at radius 3 is 3.07 bits per heavy atom. The minimum absolute atomic E-state index is 0.00978. The Balaban J connectivity index is 1.30. The number of rotatable bonds is 3. The molecule has 2 saturated heterocycles. The van der Waals surface area contributed by atoms with Crippen molar-refractivity contribution in [3.63, 3.8) is 0 Å². The summed E-state index contributed by atoms with van der Waals surface area (Å²) in [7, 11) is 0. The van der Waals surface area contributed by atoms with Gasteiger partial charge in [-0.3, -0.25) is 10.1 Å². The van der Waals surface area contributed by atoms with Crippen molar-refractivity contribution in [2.24, 2.45) is 10.8 Å². The average Bonchev–Trinajstić information content (AvgIpc) is 3.38. The molecule has 3 fully saturated rings. The fourth-order valence-corrected chi connectivity index (χ4v) is 7.81. The van der Waals surface area contributed by atoms with Crippen LogP contribution in [0.4, 0.5) is 15.0 Å². The van der Waals surface area contributed by atoms with Gasteiger partial charge in [0, 0.05) is 53.8 Å². The van der Waals surface area contributed by atoms with E-state index in [0.717, 1.165) is 45.2 Å². The lowest BCUT2D eigenvalue weighted by Gasteiger charge is -2.34. The number of alkyl carbamates (subject to hydrolysis) is 1. The van der Waals surface area contributed by atoms with Gasteiger partial charge in [-0.25, -0.2) is 9.18 Å². The highest BCUT2D eigenvalue weighted by molar-refractivity contribution is 6.33. The maximum absolute atomic E-state index is 16.9. The summed E-state index contributed by atoms with van der Waals surface area (Å²) in [5.74, 6) is -0.0723. The van der Waals surface area contributed by atoms with Crippen LogP contribution in [-0.2, 0) is 4.74 Å². The summed E-state index contributed by atoms with van der Waals surface area (Å²) in [5, 5.41) is 15.1. The summed E-state index contributed by atoms with van der Waals surface area (Å²) < 4.78 is 28.8. The molecule has 7 heterocycles. The topological polar surface area (TPSA) is 130 Å². The van der Waals surface area contributed by atoms with Gasteiger partial charge in [-0.2, -0.15) is 15.1 Å². The normalized spacial score (nSPS) is 26.3. The van der Waals surface area contributed by atoms with Gasteiger partial charge in [-0.1, -0.05) is 24.6 Å². The smallest absolute Gasteiger partial charge is 0.407 e. The number of ether oxygens (including phenoxy) is 2. The van der Waals surface area contributed by atoms with Crippen LogP contribution in [0.5, 0.6) is 6.01 Å².